The SMILES string of the molecule is NNC(C1CCCCC1)C1CN2CCN1CC2. The molecule has 98 valence electrons. The molecule has 3 aliphatic heterocycles. The molecule has 0 aromatic heterocycles. The van der Waals surface area contributed by atoms with Gasteiger partial charge in [-0.15, -0.1) is 0 Å². The number of nitrogens with zero attached hydrogens (tertiary/aromatic N) is 2. The van der Waals surface area contributed by atoms with Gasteiger partial charge in [0.2, 0.25) is 0 Å². The minimum Gasteiger partial charge on any atom is -0.299 e. The lowest BCUT2D eigenvalue weighted by Gasteiger charge is -2.51. The van der Waals surface area contributed by atoms with Crippen LogP contribution in [0, 0.1) is 5.92 Å². The standard InChI is InChI=1S/C13H26N4/c14-15-13(11-4-2-1-3-5-11)12-10-16-6-8-17(12)9-7-16/h11-13,15H,1-10,14H2. The minimum atomic E-state index is 0.512. The van der Waals surface area contributed by atoms with Crippen LogP contribution in [0.1, 0.15) is 32.1 Å². The second-order valence-corrected chi connectivity index (χ2v) is 5.99. The molecule has 4 heteroatoms. The molecule has 0 aromatic rings. The highest BCUT2D eigenvalue weighted by molar-refractivity contribution is 4.97. The van der Waals surface area contributed by atoms with Gasteiger partial charge < -0.3 is 0 Å². The summed E-state index contributed by atoms with van der Waals surface area (Å²) in [5.74, 6) is 6.68. The Labute approximate surface area is 104 Å². The summed E-state index contributed by atoms with van der Waals surface area (Å²) in [7, 11) is 0. The highest BCUT2D eigenvalue weighted by Gasteiger charge is 2.39. The lowest BCUT2D eigenvalue weighted by molar-refractivity contribution is -0.0165. The highest BCUT2D eigenvalue weighted by Crippen LogP contribution is 2.30. The predicted molar refractivity (Wildman–Crippen MR) is 69.5 cm³/mol. The van der Waals surface area contributed by atoms with E-state index in [-0.39, 0.29) is 0 Å². The molecule has 0 aromatic carbocycles. The van der Waals surface area contributed by atoms with E-state index >= 15 is 0 Å². The van der Waals surface area contributed by atoms with Crippen molar-refractivity contribution in [3.63, 3.8) is 0 Å². The molecule has 0 spiro atoms. The average Bonchev–Trinajstić information content (AvgIpc) is 2.42. The predicted octanol–water partition coefficient (Wildman–Crippen LogP) is 0.398. The van der Waals surface area contributed by atoms with E-state index in [1.807, 2.05) is 0 Å². The van der Waals surface area contributed by atoms with Gasteiger partial charge in [0.25, 0.3) is 0 Å². The van der Waals surface area contributed by atoms with Crippen molar-refractivity contribution in [2.45, 2.75) is 44.2 Å². The topological polar surface area (TPSA) is 44.5 Å². The largest absolute Gasteiger partial charge is 0.299 e. The molecule has 2 atom stereocenters. The van der Waals surface area contributed by atoms with Crippen molar-refractivity contribution in [3.8, 4) is 0 Å². The van der Waals surface area contributed by atoms with Crippen LogP contribution in [-0.4, -0.2) is 54.6 Å². The number of hydrogen-bond acceptors (Lipinski definition) is 4. The average molecular weight is 238 g/mol. The molecule has 17 heavy (non-hydrogen) atoms. The molecule has 1 aliphatic carbocycles. The van der Waals surface area contributed by atoms with Crippen LogP contribution >= 0.6 is 0 Å². The number of rotatable bonds is 3. The van der Waals surface area contributed by atoms with Crippen molar-refractivity contribution >= 4 is 0 Å². The van der Waals surface area contributed by atoms with Gasteiger partial charge in [0.15, 0.2) is 0 Å². The molecule has 0 amide bonds. The fourth-order valence-electron chi connectivity index (χ4n) is 4.05. The molecule has 3 saturated heterocycles. The molecule has 3 N–H and O–H groups in total. The van der Waals surface area contributed by atoms with Gasteiger partial charge in [-0.05, 0) is 18.8 Å². The molecule has 4 fully saturated rings. The first-order valence-electron chi connectivity index (χ1n) is 7.31. The number of nitrogens with one attached hydrogen (secondary N) is 1. The quantitative estimate of drug-likeness (QED) is 0.552. The fourth-order valence-corrected chi connectivity index (χ4v) is 4.05. The minimum absolute atomic E-state index is 0.512. The molecule has 0 radical (unpaired) electrons. The first-order valence-corrected chi connectivity index (χ1v) is 7.31. The van der Waals surface area contributed by atoms with E-state index in [2.05, 4.69) is 15.2 Å². The molecule has 4 rings (SSSR count). The van der Waals surface area contributed by atoms with E-state index in [9.17, 15) is 0 Å². The van der Waals surface area contributed by atoms with Gasteiger partial charge in [0.05, 0.1) is 0 Å². The van der Waals surface area contributed by atoms with Gasteiger partial charge in [0.1, 0.15) is 0 Å². The van der Waals surface area contributed by atoms with E-state index < -0.39 is 0 Å². The van der Waals surface area contributed by atoms with E-state index in [1.54, 1.807) is 0 Å². The number of hydrogen-bond donors (Lipinski definition) is 2. The fraction of sp³-hybridized carbons (Fsp3) is 1.00. The summed E-state index contributed by atoms with van der Waals surface area (Å²) in [6.45, 7) is 6.24. The summed E-state index contributed by atoms with van der Waals surface area (Å²) in [6, 6.07) is 1.17. The zero-order valence-corrected chi connectivity index (χ0v) is 10.8. The molecular formula is C13H26N4. The van der Waals surface area contributed by atoms with Gasteiger partial charge >= 0.3 is 0 Å². The third-order valence-corrected chi connectivity index (χ3v) is 5.09. The van der Waals surface area contributed by atoms with Crippen LogP contribution in [-0.2, 0) is 0 Å². The maximum atomic E-state index is 5.87. The summed E-state index contributed by atoms with van der Waals surface area (Å²) in [4.78, 5) is 5.27. The van der Waals surface area contributed by atoms with Crippen molar-refractivity contribution in [3.05, 3.63) is 0 Å². The lowest BCUT2D eigenvalue weighted by atomic mass is 9.80. The van der Waals surface area contributed by atoms with E-state index in [4.69, 9.17) is 5.84 Å². The molecule has 2 bridgehead atoms. The second-order valence-electron chi connectivity index (χ2n) is 5.99. The Morgan fingerprint density at radius 2 is 1.71 bits per heavy atom. The third-order valence-electron chi connectivity index (χ3n) is 5.09. The van der Waals surface area contributed by atoms with Gasteiger partial charge in [-0.1, -0.05) is 19.3 Å². The Morgan fingerprint density at radius 1 is 1.00 bits per heavy atom. The van der Waals surface area contributed by atoms with E-state index in [0.717, 1.165) is 5.92 Å². The first kappa shape index (κ1) is 11.9. The number of piperazine rings is 3. The van der Waals surface area contributed by atoms with Crippen molar-refractivity contribution in [1.29, 1.82) is 0 Å². The van der Waals surface area contributed by atoms with Crippen LogP contribution in [0.3, 0.4) is 0 Å². The van der Waals surface area contributed by atoms with Gasteiger partial charge in [-0.25, -0.2) is 0 Å². The molecule has 4 nitrogen and oxygen atoms in total. The molecule has 4 aliphatic rings. The number of fused-ring (bicyclic) bond motifs is 3. The van der Waals surface area contributed by atoms with Gasteiger partial charge in [-0.2, -0.15) is 0 Å². The Morgan fingerprint density at radius 3 is 2.24 bits per heavy atom. The van der Waals surface area contributed by atoms with E-state index in [1.165, 1.54) is 64.8 Å². The van der Waals surface area contributed by atoms with Crippen LogP contribution in [0.25, 0.3) is 0 Å². The summed E-state index contributed by atoms with van der Waals surface area (Å²) in [5, 5.41) is 0. The normalized spacial score (nSPS) is 40.4. The number of nitrogens with two attached hydrogens (primary N) is 1. The van der Waals surface area contributed by atoms with E-state index in [0.29, 0.717) is 12.1 Å². The van der Waals surface area contributed by atoms with Crippen molar-refractivity contribution < 1.29 is 0 Å². The summed E-state index contributed by atoms with van der Waals surface area (Å²) >= 11 is 0. The third kappa shape index (κ3) is 2.36. The van der Waals surface area contributed by atoms with Crippen LogP contribution in [0.5, 0.6) is 0 Å². The van der Waals surface area contributed by atoms with Crippen molar-refractivity contribution in [2.24, 2.45) is 11.8 Å². The highest BCUT2D eigenvalue weighted by atomic mass is 15.4. The van der Waals surface area contributed by atoms with Crippen LogP contribution in [0.4, 0.5) is 0 Å². The maximum Gasteiger partial charge on any atom is 0.0406 e. The molecule has 1 saturated carbocycles. The first-order chi connectivity index (χ1) is 8.38. The monoisotopic (exact) mass is 238 g/mol. The zero-order valence-electron chi connectivity index (χ0n) is 10.8. The Balaban J connectivity index is 1.67. The molecular weight excluding hydrogens is 212 g/mol. The second kappa shape index (κ2) is 5.22. The maximum absolute atomic E-state index is 5.87. The van der Waals surface area contributed by atoms with Crippen LogP contribution in [0.2, 0.25) is 0 Å². The summed E-state index contributed by atoms with van der Waals surface area (Å²) < 4.78 is 0. The smallest absolute Gasteiger partial charge is 0.0406 e. The molecule has 3 heterocycles. The van der Waals surface area contributed by atoms with Crippen molar-refractivity contribution in [1.82, 2.24) is 15.2 Å². The summed E-state index contributed by atoms with van der Waals surface area (Å²) in [6.07, 6.45) is 6.98. The van der Waals surface area contributed by atoms with Crippen LogP contribution < -0.4 is 11.3 Å². The summed E-state index contributed by atoms with van der Waals surface area (Å²) in [5.41, 5.74) is 3.16. The van der Waals surface area contributed by atoms with Crippen LogP contribution in [0.15, 0.2) is 0 Å². The number of hydrazine groups is 1. The lowest BCUT2D eigenvalue weighted by Crippen LogP contribution is -2.68. The molecule has 2 unspecified atom stereocenters. The zero-order chi connectivity index (χ0) is 11.7. The van der Waals surface area contributed by atoms with Crippen molar-refractivity contribution in [2.75, 3.05) is 32.7 Å². The van der Waals surface area contributed by atoms with Gasteiger partial charge in [0, 0.05) is 44.8 Å². The Kier molecular flexibility index (Phi) is 3.66. The Bertz CT molecular complexity index is 244. The van der Waals surface area contributed by atoms with Gasteiger partial charge in [-0.3, -0.25) is 21.1 Å². The Hall–Kier alpha value is -0.160.